The van der Waals surface area contributed by atoms with Crippen molar-refractivity contribution in [2.45, 2.75) is 70.8 Å². The van der Waals surface area contributed by atoms with Crippen LogP contribution in [0.1, 0.15) is 64.7 Å². The highest BCUT2D eigenvalue weighted by Gasteiger charge is 2.22. The number of hydrogen-bond donors (Lipinski definition) is 1. The van der Waals surface area contributed by atoms with Gasteiger partial charge in [0, 0.05) is 13.2 Å². The van der Waals surface area contributed by atoms with E-state index < -0.39 is 0 Å². The van der Waals surface area contributed by atoms with E-state index in [0.29, 0.717) is 5.92 Å². The first-order valence-electron chi connectivity index (χ1n) is 7.77. The van der Waals surface area contributed by atoms with Crippen molar-refractivity contribution in [3.63, 3.8) is 0 Å². The zero-order valence-electron chi connectivity index (χ0n) is 11.9. The quantitative estimate of drug-likeness (QED) is 0.444. The molecule has 0 aromatic rings. The molecule has 0 heterocycles. The molecule has 0 aromatic heterocycles. The summed E-state index contributed by atoms with van der Waals surface area (Å²) in [5, 5.41) is 8.97. The molecule has 0 aliphatic heterocycles. The van der Waals surface area contributed by atoms with Crippen molar-refractivity contribution in [2.75, 3.05) is 13.2 Å². The molecule has 0 radical (unpaired) electrons. The van der Waals surface area contributed by atoms with Gasteiger partial charge >= 0.3 is 0 Å². The molecule has 2 heteroatoms. The first-order chi connectivity index (χ1) is 8.88. The van der Waals surface area contributed by atoms with E-state index in [9.17, 15) is 0 Å². The van der Waals surface area contributed by atoms with E-state index in [1.54, 1.807) is 0 Å². The van der Waals surface area contributed by atoms with Crippen LogP contribution >= 0.6 is 0 Å². The molecule has 0 amide bonds. The van der Waals surface area contributed by atoms with Gasteiger partial charge in [-0.2, -0.15) is 0 Å². The Hall–Kier alpha value is -0.340. The first kappa shape index (κ1) is 15.7. The van der Waals surface area contributed by atoms with Gasteiger partial charge in [0.1, 0.15) is 0 Å². The average molecular weight is 254 g/mol. The van der Waals surface area contributed by atoms with Crippen LogP contribution in [-0.4, -0.2) is 24.4 Å². The zero-order valence-corrected chi connectivity index (χ0v) is 11.9. The third kappa shape index (κ3) is 6.55. The standard InChI is InChI=1S/C16H30O2/c1-2-3-4-5-6-7-8-14-18-16-11-9-10-15(16)12-13-17/h9,11,15-17H,2-8,10,12-14H2,1H3/t15-,16-/m0/s1. The number of unbranched alkanes of at least 4 members (excludes halogenated alkanes) is 6. The summed E-state index contributed by atoms with van der Waals surface area (Å²) in [6.07, 6.45) is 15.9. The third-order valence-electron chi connectivity index (χ3n) is 3.79. The molecular formula is C16H30O2. The summed E-state index contributed by atoms with van der Waals surface area (Å²) in [6.45, 7) is 3.42. The molecule has 0 saturated heterocycles. The lowest BCUT2D eigenvalue weighted by Gasteiger charge is -2.18. The van der Waals surface area contributed by atoms with Crippen LogP contribution in [0.5, 0.6) is 0 Å². The minimum atomic E-state index is 0.261. The average Bonchev–Trinajstić information content (AvgIpc) is 2.81. The van der Waals surface area contributed by atoms with Crippen molar-refractivity contribution in [1.82, 2.24) is 0 Å². The summed E-state index contributed by atoms with van der Waals surface area (Å²) in [6, 6.07) is 0. The van der Waals surface area contributed by atoms with Crippen LogP contribution in [-0.2, 0) is 4.74 Å². The maximum Gasteiger partial charge on any atom is 0.0787 e. The van der Waals surface area contributed by atoms with E-state index >= 15 is 0 Å². The van der Waals surface area contributed by atoms with Crippen LogP contribution in [0, 0.1) is 5.92 Å². The van der Waals surface area contributed by atoms with E-state index in [2.05, 4.69) is 19.1 Å². The third-order valence-corrected chi connectivity index (χ3v) is 3.79. The SMILES string of the molecule is CCCCCCCCCO[C@H]1C=CC[C@H]1CCO. The fourth-order valence-corrected chi connectivity index (χ4v) is 2.60. The van der Waals surface area contributed by atoms with Gasteiger partial charge in [-0.1, -0.05) is 57.6 Å². The lowest BCUT2D eigenvalue weighted by Crippen LogP contribution is -2.19. The molecule has 0 fully saturated rings. The lowest BCUT2D eigenvalue weighted by atomic mass is 10.0. The van der Waals surface area contributed by atoms with Gasteiger partial charge in [-0.15, -0.1) is 0 Å². The molecular weight excluding hydrogens is 224 g/mol. The Morgan fingerprint density at radius 3 is 2.56 bits per heavy atom. The highest BCUT2D eigenvalue weighted by atomic mass is 16.5. The second kappa shape index (κ2) is 10.6. The van der Waals surface area contributed by atoms with Crippen molar-refractivity contribution in [3.05, 3.63) is 12.2 Å². The Kier molecular flexibility index (Phi) is 9.23. The number of aliphatic hydroxyl groups is 1. The summed E-state index contributed by atoms with van der Waals surface area (Å²) in [5.74, 6) is 0.513. The van der Waals surface area contributed by atoms with Gasteiger partial charge in [0.25, 0.3) is 0 Å². The van der Waals surface area contributed by atoms with Crippen LogP contribution in [0.3, 0.4) is 0 Å². The molecule has 1 rings (SSSR count). The van der Waals surface area contributed by atoms with Gasteiger partial charge < -0.3 is 9.84 Å². The van der Waals surface area contributed by atoms with Gasteiger partial charge in [0.05, 0.1) is 6.10 Å². The Morgan fingerprint density at radius 2 is 1.83 bits per heavy atom. The van der Waals surface area contributed by atoms with Crippen LogP contribution in [0.4, 0.5) is 0 Å². The minimum Gasteiger partial charge on any atom is -0.396 e. The summed E-state index contributed by atoms with van der Waals surface area (Å²) in [4.78, 5) is 0. The molecule has 18 heavy (non-hydrogen) atoms. The van der Waals surface area contributed by atoms with Gasteiger partial charge in [-0.25, -0.2) is 0 Å². The fraction of sp³-hybridized carbons (Fsp3) is 0.875. The maximum absolute atomic E-state index is 8.97. The molecule has 2 atom stereocenters. The first-order valence-corrected chi connectivity index (χ1v) is 7.77. The molecule has 2 nitrogen and oxygen atoms in total. The lowest BCUT2D eigenvalue weighted by molar-refractivity contribution is 0.0414. The Labute approximate surface area is 112 Å². The second-order valence-corrected chi connectivity index (χ2v) is 5.39. The molecule has 0 aromatic carbocycles. The summed E-state index contributed by atoms with van der Waals surface area (Å²) in [7, 11) is 0. The van der Waals surface area contributed by atoms with Gasteiger partial charge in [0.15, 0.2) is 0 Å². The number of aliphatic hydroxyl groups excluding tert-OH is 1. The molecule has 0 unspecified atom stereocenters. The molecule has 0 saturated carbocycles. The number of hydrogen-bond acceptors (Lipinski definition) is 2. The van der Waals surface area contributed by atoms with E-state index in [0.717, 1.165) is 19.4 Å². The van der Waals surface area contributed by atoms with Gasteiger partial charge in [-0.05, 0) is 25.2 Å². The van der Waals surface area contributed by atoms with E-state index in [1.165, 1.54) is 44.9 Å². The predicted octanol–water partition coefficient (Wildman–Crippen LogP) is 4.08. The predicted molar refractivity (Wildman–Crippen MR) is 76.7 cm³/mol. The largest absolute Gasteiger partial charge is 0.396 e. The van der Waals surface area contributed by atoms with Crippen LogP contribution < -0.4 is 0 Å². The van der Waals surface area contributed by atoms with Crippen molar-refractivity contribution in [2.24, 2.45) is 5.92 Å². The maximum atomic E-state index is 8.97. The fourth-order valence-electron chi connectivity index (χ4n) is 2.60. The van der Waals surface area contributed by atoms with Crippen LogP contribution in [0.25, 0.3) is 0 Å². The van der Waals surface area contributed by atoms with Crippen LogP contribution in [0.2, 0.25) is 0 Å². The highest BCUT2D eigenvalue weighted by molar-refractivity contribution is 5.02. The van der Waals surface area contributed by atoms with Crippen molar-refractivity contribution in [3.8, 4) is 0 Å². The second-order valence-electron chi connectivity index (χ2n) is 5.39. The number of rotatable bonds is 11. The molecule has 0 bridgehead atoms. The molecule has 1 aliphatic rings. The van der Waals surface area contributed by atoms with Crippen molar-refractivity contribution >= 4 is 0 Å². The van der Waals surface area contributed by atoms with E-state index in [1.807, 2.05) is 0 Å². The Bertz CT molecular complexity index is 213. The summed E-state index contributed by atoms with van der Waals surface area (Å²) >= 11 is 0. The monoisotopic (exact) mass is 254 g/mol. The van der Waals surface area contributed by atoms with Gasteiger partial charge in [0.2, 0.25) is 0 Å². The highest BCUT2D eigenvalue weighted by Crippen LogP contribution is 2.24. The van der Waals surface area contributed by atoms with E-state index in [-0.39, 0.29) is 12.7 Å². The molecule has 1 N–H and O–H groups in total. The molecule has 106 valence electrons. The van der Waals surface area contributed by atoms with Crippen LogP contribution in [0.15, 0.2) is 12.2 Å². The Balaban J connectivity index is 1.92. The van der Waals surface area contributed by atoms with Gasteiger partial charge in [-0.3, -0.25) is 0 Å². The van der Waals surface area contributed by atoms with Crippen molar-refractivity contribution in [1.29, 1.82) is 0 Å². The zero-order chi connectivity index (χ0) is 13.1. The minimum absolute atomic E-state index is 0.261. The molecule has 0 spiro atoms. The number of allylic oxidation sites excluding steroid dienone is 1. The smallest absolute Gasteiger partial charge is 0.0787 e. The molecule has 1 aliphatic carbocycles. The summed E-state index contributed by atoms with van der Waals surface area (Å²) < 4.78 is 5.90. The van der Waals surface area contributed by atoms with E-state index in [4.69, 9.17) is 9.84 Å². The van der Waals surface area contributed by atoms with Crippen molar-refractivity contribution < 1.29 is 9.84 Å². The topological polar surface area (TPSA) is 29.5 Å². The summed E-state index contributed by atoms with van der Waals surface area (Å²) in [5.41, 5.74) is 0. The normalized spacial score (nSPS) is 22.8. The Morgan fingerprint density at radius 1 is 1.11 bits per heavy atom. The number of ether oxygens (including phenoxy) is 1.